The van der Waals surface area contributed by atoms with Crippen LogP contribution in [0.15, 0.2) is 0 Å². The van der Waals surface area contributed by atoms with E-state index in [1.54, 1.807) is 0 Å². The van der Waals surface area contributed by atoms with E-state index in [4.69, 9.17) is 5.11 Å². The highest BCUT2D eigenvalue weighted by atomic mass is 19.3. The van der Waals surface area contributed by atoms with Crippen molar-refractivity contribution in [1.82, 2.24) is 0 Å². The van der Waals surface area contributed by atoms with Crippen LogP contribution in [-0.2, 0) is 4.74 Å². The van der Waals surface area contributed by atoms with Crippen molar-refractivity contribution in [2.45, 2.75) is 12.3 Å². The molecule has 0 aliphatic heterocycles. The van der Waals surface area contributed by atoms with E-state index in [0.29, 0.717) is 0 Å². The Hall–Kier alpha value is -0.220. The van der Waals surface area contributed by atoms with E-state index in [0.717, 1.165) is 0 Å². The standard InChI is InChI=1S/C6H10F2O2/c1-10-4-5(3-9)2-6(5,7)8/h9H,2-4H2,1H3/t5-/m1/s1. The van der Waals surface area contributed by atoms with Gasteiger partial charge in [-0.05, 0) is 0 Å². The van der Waals surface area contributed by atoms with E-state index < -0.39 is 17.9 Å². The Bertz CT molecular complexity index is 138. The molecule has 1 aliphatic rings. The number of hydrogen-bond acceptors (Lipinski definition) is 2. The maximum atomic E-state index is 12.4. The predicted molar refractivity (Wildman–Crippen MR) is 31.0 cm³/mol. The Morgan fingerprint density at radius 2 is 2.10 bits per heavy atom. The van der Waals surface area contributed by atoms with Crippen LogP contribution in [0.25, 0.3) is 0 Å². The van der Waals surface area contributed by atoms with Crippen LogP contribution in [0.4, 0.5) is 8.78 Å². The second-order valence-electron chi connectivity index (χ2n) is 2.75. The fraction of sp³-hybridized carbons (Fsp3) is 1.00. The fourth-order valence-corrected chi connectivity index (χ4v) is 1.03. The first-order valence-corrected chi connectivity index (χ1v) is 3.06. The minimum absolute atomic E-state index is 0.0590. The summed E-state index contributed by atoms with van der Waals surface area (Å²) in [6, 6.07) is 0. The van der Waals surface area contributed by atoms with Crippen molar-refractivity contribution in [2.24, 2.45) is 5.41 Å². The van der Waals surface area contributed by atoms with E-state index in [-0.39, 0.29) is 13.0 Å². The summed E-state index contributed by atoms with van der Waals surface area (Å²) in [5, 5.41) is 8.56. The van der Waals surface area contributed by atoms with E-state index in [1.807, 2.05) is 0 Å². The first kappa shape index (κ1) is 7.88. The normalized spacial score (nSPS) is 36.0. The van der Waals surface area contributed by atoms with Gasteiger partial charge in [-0.1, -0.05) is 0 Å². The Labute approximate surface area is 57.8 Å². The van der Waals surface area contributed by atoms with E-state index in [9.17, 15) is 8.78 Å². The maximum Gasteiger partial charge on any atom is 0.259 e. The zero-order valence-corrected chi connectivity index (χ0v) is 5.73. The molecule has 1 saturated carbocycles. The van der Waals surface area contributed by atoms with Crippen molar-refractivity contribution in [2.75, 3.05) is 20.3 Å². The van der Waals surface area contributed by atoms with Crippen LogP contribution in [-0.4, -0.2) is 31.4 Å². The zero-order valence-electron chi connectivity index (χ0n) is 5.73. The van der Waals surface area contributed by atoms with Crippen LogP contribution in [0.3, 0.4) is 0 Å². The van der Waals surface area contributed by atoms with Gasteiger partial charge in [-0.25, -0.2) is 8.78 Å². The number of aliphatic hydroxyl groups is 1. The molecule has 1 N–H and O–H groups in total. The van der Waals surface area contributed by atoms with Gasteiger partial charge in [0.2, 0.25) is 0 Å². The number of hydrogen-bond donors (Lipinski definition) is 1. The molecule has 0 aromatic carbocycles. The summed E-state index contributed by atoms with van der Waals surface area (Å²) < 4.78 is 29.4. The molecule has 0 saturated heterocycles. The zero-order chi connectivity index (χ0) is 7.83. The quantitative estimate of drug-likeness (QED) is 0.643. The van der Waals surface area contributed by atoms with E-state index in [1.165, 1.54) is 7.11 Å². The Kier molecular flexibility index (Phi) is 1.68. The van der Waals surface area contributed by atoms with Gasteiger partial charge in [-0.15, -0.1) is 0 Å². The highest BCUT2D eigenvalue weighted by molar-refractivity contribution is 5.09. The number of methoxy groups -OCH3 is 1. The summed E-state index contributed by atoms with van der Waals surface area (Å²) in [6.45, 7) is -0.551. The average Bonchev–Trinajstić information content (AvgIpc) is 2.37. The van der Waals surface area contributed by atoms with Gasteiger partial charge < -0.3 is 9.84 Å². The molecular weight excluding hydrogens is 142 g/mol. The third-order valence-corrected chi connectivity index (χ3v) is 1.93. The van der Waals surface area contributed by atoms with Crippen molar-refractivity contribution in [1.29, 1.82) is 0 Å². The molecule has 0 aromatic rings. The van der Waals surface area contributed by atoms with Gasteiger partial charge in [0.15, 0.2) is 0 Å². The minimum atomic E-state index is -2.71. The fourth-order valence-electron chi connectivity index (χ4n) is 1.03. The molecule has 0 spiro atoms. The summed E-state index contributed by atoms with van der Waals surface area (Å²) >= 11 is 0. The molecule has 0 aromatic heterocycles. The second kappa shape index (κ2) is 2.13. The number of alkyl halides is 2. The van der Waals surface area contributed by atoms with Crippen LogP contribution in [0.1, 0.15) is 6.42 Å². The smallest absolute Gasteiger partial charge is 0.259 e. The predicted octanol–water partition coefficient (Wildman–Crippen LogP) is 0.651. The van der Waals surface area contributed by atoms with Crippen molar-refractivity contribution in [3.63, 3.8) is 0 Å². The summed E-state index contributed by atoms with van der Waals surface area (Å²) in [5.74, 6) is -2.71. The molecule has 4 heteroatoms. The molecule has 1 fully saturated rings. The van der Waals surface area contributed by atoms with Crippen LogP contribution >= 0.6 is 0 Å². The molecule has 0 amide bonds. The molecule has 60 valence electrons. The van der Waals surface area contributed by atoms with Gasteiger partial charge in [-0.2, -0.15) is 0 Å². The molecule has 0 unspecified atom stereocenters. The van der Waals surface area contributed by atoms with Gasteiger partial charge in [0, 0.05) is 13.5 Å². The van der Waals surface area contributed by atoms with Gasteiger partial charge in [0.05, 0.1) is 18.6 Å². The summed E-state index contributed by atoms with van der Waals surface area (Å²) in [4.78, 5) is 0. The average molecular weight is 152 g/mol. The number of aliphatic hydroxyl groups excluding tert-OH is 1. The Morgan fingerprint density at radius 3 is 2.20 bits per heavy atom. The van der Waals surface area contributed by atoms with Crippen molar-refractivity contribution in [3.05, 3.63) is 0 Å². The van der Waals surface area contributed by atoms with Crippen LogP contribution in [0.2, 0.25) is 0 Å². The lowest BCUT2D eigenvalue weighted by Crippen LogP contribution is -2.21. The topological polar surface area (TPSA) is 29.5 Å². The molecule has 1 atom stereocenters. The van der Waals surface area contributed by atoms with Crippen molar-refractivity contribution >= 4 is 0 Å². The molecule has 2 nitrogen and oxygen atoms in total. The highest BCUT2D eigenvalue weighted by Crippen LogP contribution is 2.60. The van der Waals surface area contributed by atoms with Gasteiger partial charge in [-0.3, -0.25) is 0 Å². The van der Waals surface area contributed by atoms with Crippen LogP contribution in [0, 0.1) is 5.41 Å². The minimum Gasteiger partial charge on any atom is -0.395 e. The molecular formula is C6H10F2O2. The lowest BCUT2D eigenvalue weighted by molar-refractivity contribution is -0.00322. The molecule has 1 rings (SSSR count). The number of rotatable bonds is 3. The maximum absolute atomic E-state index is 12.4. The molecule has 10 heavy (non-hydrogen) atoms. The van der Waals surface area contributed by atoms with E-state index in [2.05, 4.69) is 4.74 Å². The monoisotopic (exact) mass is 152 g/mol. The van der Waals surface area contributed by atoms with E-state index >= 15 is 0 Å². The van der Waals surface area contributed by atoms with Crippen LogP contribution < -0.4 is 0 Å². The molecule has 0 bridgehead atoms. The molecule has 1 aliphatic carbocycles. The van der Waals surface area contributed by atoms with Crippen LogP contribution in [0.5, 0.6) is 0 Å². The summed E-state index contributed by atoms with van der Waals surface area (Å²) in [6.07, 6.45) is -0.246. The lowest BCUT2D eigenvalue weighted by Gasteiger charge is -2.10. The first-order chi connectivity index (χ1) is 4.58. The lowest BCUT2D eigenvalue weighted by atomic mass is 10.1. The Morgan fingerprint density at radius 1 is 1.60 bits per heavy atom. The number of halogens is 2. The largest absolute Gasteiger partial charge is 0.395 e. The third-order valence-electron chi connectivity index (χ3n) is 1.93. The van der Waals surface area contributed by atoms with Crippen molar-refractivity contribution in [3.8, 4) is 0 Å². The summed E-state index contributed by atoms with van der Waals surface area (Å²) in [5.41, 5.74) is -1.26. The van der Waals surface area contributed by atoms with Crippen molar-refractivity contribution < 1.29 is 18.6 Å². The Balaban J connectivity index is 2.50. The van der Waals surface area contributed by atoms with Gasteiger partial charge in [0.1, 0.15) is 0 Å². The third kappa shape index (κ3) is 0.914. The molecule has 0 heterocycles. The highest BCUT2D eigenvalue weighted by Gasteiger charge is 2.70. The summed E-state index contributed by atoms with van der Waals surface area (Å²) in [7, 11) is 1.35. The number of ether oxygens (including phenoxy) is 1. The second-order valence-corrected chi connectivity index (χ2v) is 2.75. The first-order valence-electron chi connectivity index (χ1n) is 3.06. The van der Waals surface area contributed by atoms with Gasteiger partial charge >= 0.3 is 0 Å². The molecule has 0 radical (unpaired) electrons. The van der Waals surface area contributed by atoms with Gasteiger partial charge in [0.25, 0.3) is 5.92 Å². The SMILES string of the molecule is COC[C@]1(CO)CC1(F)F.